The van der Waals surface area contributed by atoms with Crippen molar-refractivity contribution in [1.82, 2.24) is 29.1 Å². The van der Waals surface area contributed by atoms with Crippen molar-refractivity contribution < 1.29 is 0 Å². The van der Waals surface area contributed by atoms with Crippen LogP contribution in [-0.2, 0) is 13.6 Å². The van der Waals surface area contributed by atoms with Crippen molar-refractivity contribution in [3.05, 3.63) is 41.9 Å². The average Bonchev–Trinajstić information content (AvgIpc) is 3.09. The molecule has 0 radical (unpaired) electrons. The van der Waals surface area contributed by atoms with Crippen LogP contribution in [0.25, 0.3) is 11.3 Å². The zero-order chi connectivity index (χ0) is 15.9. The van der Waals surface area contributed by atoms with Crippen molar-refractivity contribution in [3.63, 3.8) is 0 Å². The Labute approximate surface area is 130 Å². The topological polar surface area (TPSA) is 53.5 Å². The molecule has 0 saturated carbocycles. The van der Waals surface area contributed by atoms with Gasteiger partial charge in [0.05, 0.1) is 35.6 Å². The fourth-order valence-electron chi connectivity index (χ4n) is 3.00. The predicted molar refractivity (Wildman–Crippen MR) is 85.6 cm³/mol. The Morgan fingerprint density at radius 1 is 1.18 bits per heavy atom. The van der Waals surface area contributed by atoms with Gasteiger partial charge in [0.1, 0.15) is 0 Å². The third-order valence-corrected chi connectivity index (χ3v) is 3.92. The second-order valence-corrected chi connectivity index (χ2v) is 5.95. The molecule has 0 aliphatic rings. The quantitative estimate of drug-likeness (QED) is 0.744. The van der Waals surface area contributed by atoms with Crippen LogP contribution in [-0.4, -0.2) is 29.1 Å². The molecule has 6 heteroatoms. The van der Waals surface area contributed by atoms with E-state index in [0.29, 0.717) is 0 Å². The van der Waals surface area contributed by atoms with Crippen LogP contribution in [0.4, 0.5) is 0 Å². The number of imidazole rings is 1. The molecular formula is C16H22N6. The zero-order valence-electron chi connectivity index (χ0n) is 13.8. The first-order chi connectivity index (χ1) is 10.5. The van der Waals surface area contributed by atoms with Crippen LogP contribution < -0.4 is 0 Å². The molecule has 0 aliphatic heterocycles. The van der Waals surface area contributed by atoms with Crippen LogP contribution in [0.2, 0.25) is 0 Å². The van der Waals surface area contributed by atoms with E-state index in [0.717, 1.165) is 29.2 Å². The molecule has 0 saturated heterocycles. The van der Waals surface area contributed by atoms with E-state index in [1.807, 2.05) is 44.3 Å². The molecule has 0 spiro atoms. The third-order valence-electron chi connectivity index (χ3n) is 3.92. The monoisotopic (exact) mass is 298 g/mol. The van der Waals surface area contributed by atoms with E-state index >= 15 is 0 Å². The fraction of sp³-hybridized carbons (Fsp3) is 0.438. The zero-order valence-corrected chi connectivity index (χ0v) is 13.8. The number of hydrogen-bond acceptors (Lipinski definition) is 3. The summed E-state index contributed by atoms with van der Waals surface area (Å²) in [5.74, 6) is 0. The molecule has 6 nitrogen and oxygen atoms in total. The Balaban J connectivity index is 1.90. The maximum Gasteiger partial charge on any atom is 0.0951 e. The lowest BCUT2D eigenvalue weighted by Gasteiger charge is -2.16. The molecule has 3 aromatic rings. The highest BCUT2D eigenvalue weighted by Crippen LogP contribution is 2.24. The molecule has 0 aromatic carbocycles. The van der Waals surface area contributed by atoms with Crippen LogP contribution in [0, 0.1) is 20.8 Å². The summed E-state index contributed by atoms with van der Waals surface area (Å²) in [4.78, 5) is 4.32. The van der Waals surface area contributed by atoms with Crippen molar-refractivity contribution in [2.24, 2.45) is 7.05 Å². The molecule has 0 aliphatic carbocycles. The minimum atomic E-state index is 0.263. The summed E-state index contributed by atoms with van der Waals surface area (Å²) < 4.78 is 6.09. The Morgan fingerprint density at radius 2 is 1.95 bits per heavy atom. The first-order valence-corrected chi connectivity index (χ1v) is 7.49. The van der Waals surface area contributed by atoms with Crippen molar-refractivity contribution in [2.75, 3.05) is 0 Å². The number of hydrogen-bond donors (Lipinski definition) is 0. The van der Waals surface area contributed by atoms with Gasteiger partial charge in [-0.25, -0.2) is 4.98 Å². The van der Waals surface area contributed by atoms with Crippen molar-refractivity contribution in [2.45, 2.75) is 40.3 Å². The highest BCUT2D eigenvalue weighted by molar-refractivity contribution is 5.60. The van der Waals surface area contributed by atoms with E-state index in [9.17, 15) is 0 Å². The van der Waals surface area contributed by atoms with E-state index < -0.39 is 0 Å². The minimum absolute atomic E-state index is 0.263. The normalized spacial score (nSPS) is 12.8. The molecule has 0 amide bonds. The third kappa shape index (κ3) is 2.56. The van der Waals surface area contributed by atoms with Gasteiger partial charge in [-0.3, -0.25) is 9.36 Å². The van der Waals surface area contributed by atoms with Crippen LogP contribution in [0.1, 0.15) is 30.0 Å². The first kappa shape index (κ1) is 14.6. The average molecular weight is 298 g/mol. The highest BCUT2D eigenvalue weighted by Gasteiger charge is 2.15. The molecule has 0 fully saturated rings. The lowest BCUT2D eigenvalue weighted by molar-refractivity contribution is 0.418. The Kier molecular flexibility index (Phi) is 3.60. The number of aryl methyl sites for hydroxylation is 4. The Hall–Kier alpha value is -2.37. The van der Waals surface area contributed by atoms with Gasteiger partial charge >= 0.3 is 0 Å². The second-order valence-electron chi connectivity index (χ2n) is 5.95. The summed E-state index contributed by atoms with van der Waals surface area (Å²) >= 11 is 0. The molecule has 116 valence electrons. The SMILES string of the molecule is Cc1cc(C)n(C(C)Cn2cncc2-c2cn(C)nc2C)n1. The van der Waals surface area contributed by atoms with Gasteiger partial charge in [0.2, 0.25) is 0 Å². The van der Waals surface area contributed by atoms with Crippen LogP contribution in [0.15, 0.2) is 24.8 Å². The van der Waals surface area contributed by atoms with Gasteiger partial charge in [-0.2, -0.15) is 10.2 Å². The molecule has 1 unspecified atom stereocenters. The fourth-order valence-corrected chi connectivity index (χ4v) is 3.00. The molecule has 3 heterocycles. The summed E-state index contributed by atoms with van der Waals surface area (Å²) in [6, 6.07) is 2.37. The van der Waals surface area contributed by atoms with Crippen molar-refractivity contribution >= 4 is 0 Å². The second kappa shape index (κ2) is 5.44. The van der Waals surface area contributed by atoms with Gasteiger partial charge in [-0.15, -0.1) is 0 Å². The van der Waals surface area contributed by atoms with Gasteiger partial charge in [0.25, 0.3) is 0 Å². The number of aromatic nitrogens is 6. The molecular weight excluding hydrogens is 276 g/mol. The molecule has 3 rings (SSSR count). The summed E-state index contributed by atoms with van der Waals surface area (Å²) in [5.41, 5.74) is 5.48. The standard InChI is InChI=1S/C16H22N6/c1-11-6-12(2)22(18-11)13(3)8-21-10-17-7-16(21)15-9-20(5)19-14(15)4/h6-7,9-10,13H,8H2,1-5H3. The van der Waals surface area contributed by atoms with Crippen LogP contribution >= 0.6 is 0 Å². The van der Waals surface area contributed by atoms with Crippen molar-refractivity contribution in [1.29, 1.82) is 0 Å². The summed E-state index contributed by atoms with van der Waals surface area (Å²) in [5, 5.41) is 9.00. The Morgan fingerprint density at radius 3 is 2.55 bits per heavy atom. The van der Waals surface area contributed by atoms with Crippen LogP contribution in [0.5, 0.6) is 0 Å². The largest absolute Gasteiger partial charge is 0.328 e. The van der Waals surface area contributed by atoms with E-state index in [1.54, 1.807) is 0 Å². The first-order valence-electron chi connectivity index (χ1n) is 7.49. The summed E-state index contributed by atoms with van der Waals surface area (Å²) in [7, 11) is 1.94. The van der Waals surface area contributed by atoms with E-state index in [2.05, 4.69) is 44.3 Å². The molecule has 22 heavy (non-hydrogen) atoms. The van der Waals surface area contributed by atoms with Gasteiger partial charge in [-0.1, -0.05) is 0 Å². The maximum absolute atomic E-state index is 4.58. The van der Waals surface area contributed by atoms with Gasteiger partial charge in [-0.05, 0) is 33.8 Å². The molecule has 0 N–H and O–H groups in total. The van der Waals surface area contributed by atoms with Gasteiger partial charge < -0.3 is 4.57 Å². The molecule has 3 aromatic heterocycles. The lowest BCUT2D eigenvalue weighted by Crippen LogP contribution is -2.15. The van der Waals surface area contributed by atoms with Gasteiger partial charge in [0.15, 0.2) is 0 Å². The summed E-state index contributed by atoms with van der Waals surface area (Å²) in [6.07, 6.45) is 5.82. The highest BCUT2D eigenvalue weighted by atomic mass is 15.3. The predicted octanol–water partition coefficient (Wildman–Crippen LogP) is 2.67. The molecule has 1 atom stereocenters. The van der Waals surface area contributed by atoms with Crippen molar-refractivity contribution in [3.8, 4) is 11.3 Å². The number of rotatable bonds is 4. The Bertz CT molecular complexity index is 792. The van der Waals surface area contributed by atoms with E-state index in [-0.39, 0.29) is 6.04 Å². The minimum Gasteiger partial charge on any atom is -0.328 e. The van der Waals surface area contributed by atoms with E-state index in [1.165, 1.54) is 5.69 Å². The van der Waals surface area contributed by atoms with E-state index in [4.69, 9.17) is 0 Å². The van der Waals surface area contributed by atoms with Crippen LogP contribution in [0.3, 0.4) is 0 Å². The smallest absolute Gasteiger partial charge is 0.0951 e. The molecule has 0 bridgehead atoms. The number of nitrogens with zero attached hydrogens (tertiary/aromatic N) is 6. The lowest BCUT2D eigenvalue weighted by atomic mass is 10.2. The maximum atomic E-state index is 4.58. The summed E-state index contributed by atoms with van der Waals surface area (Å²) in [6.45, 7) is 9.15. The van der Waals surface area contributed by atoms with Gasteiger partial charge in [0, 0.05) is 31.0 Å².